The van der Waals surface area contributed by atoms with Gasteiger partial charge in [-0.05, 0) is 12.1 Å². The van der Waals surface area contributed by atoms with E-state index in [1.54, 1.807) is 18.2 Å². The summed E-state index contributed by atoms with van der Waals surface area (Å²) < 4.78 is 10.6. The number of aromatic nitrogens is 2. The molecule has 0 spiro atoms. The first-order valence-electron chi connectivity index (χ1n) is 4.79. The summed E-state index contributed by atoms with van der Waals surface area (Å²) in [7, 11) is 1.45. The topological polar surface area (TPSA) is 44.2 Å². The molecule has 0 amide bonds. The molecule has 18 heavy (non-hydrogen) atoms. The molecular formula is C11H7Cl3N2O2. The van der Waals surface area contributed by atoms with Crippen LogP contribution in [0.5, 0.6) is 17.4 Å². The zero-order valence-electron chi connectivity index (χ0n) is 9.15. The van der Waals surface area contributed by atoms with Crippen molar-refractivity contribution in [1.82, 2.24) is 9.97 Å². The number of methoxy groups -OCH3 is 1. The summed E-state index contributed by atoms with van der Waals surface area (Å²) >= 11 is 17.5. The SMILES string of the molecule is COc1c(Cl)ncnc1Oc1ccc(Cl)c(Cl)c1. The van der Waals surface area contributed by atoms with Crippen molar-refractivity contribution >= 4 is 34.8 Å². The Morgan fingerprint density at radius 2 is 1.83 bits per heavy atom. The van der Waals surface area contributed by atoms with E-state index in [-0.39, 0.29) is 16.8 Å². The molecule has 0 aliphatic carbocycles. The maximum Gasteiger partial charge on any atom is 0.267 e. The van der Waals surface area contributed by atoms with Crippen LogP contribution in [-0.2, 0) is 0 Å². The van der Waals surface area contributed by atoms with Gasteiger partial charge >= 0.3 is 0 Å². The number of hydrogen-bond acceptors (Lipinski definition) is 4. The van der Waals surface area contributed by atoms with E-state index < -0.39 is 0 Å². The van der Waals surface area contributed by atoms with Crippen LogP contribution >= 0.6 is 34.8 Å². The average molecular weight is 306 g/mol. The van der Waals surface area contributed by atoms with Gasteiger partial charge in [0, 0.05) is 6.07 Å². The molecule has 94 valence electrons. The predicted molar refractivity (Wildman–Crippen MR) is 70.1 cm³/mol. The maximum atomic E-state index is 5.88. The summed E-state index contributed by atoms with van der Waals surface area (Å²) in [6.45, 7) is 0. The van der Waals surface area contributed by atoms with E-state index in [4.69, 9.17) is 44.3 Å². The molecule has 0 N–H and O–H groups in total. The molecule has 0 radical (unpaired) electrons. The van der Waals surface area contributed by atoms with Crippen LogP contribution in [0.25, 0.3) is 0 Å². The number of hydrogen-bond donors (Lipinski definition) is 0. The fourth-order valence-corrected chi connectivity index (χ4v) is 1.72. The van der Waals surface area contributed by atoms with E-state index in [0.29, 0.717) is 15.8 Å². The first-order chi connectivity index (χ1) is 8.61. The van der Waals surface area contributed by atoms with Gasteiger partial charge in [-0.1, -0.05) is 34.8 Å². The van der Waals surface area contributed by atoms with E-state index in [1.807, 2.05) is 0 Å². The van der Waals surface area contributed by atoms with Gasteiger partial charge in [-0.15, -0.1) is 0 Å². The third-order valence-electron chi connectivity index (χ3n) is 2.04. The zero-order chi connectivity index (χ0) is 13.1. The minimum atomic E-state index is 0.169. The van der Waals surface area contributed by atoms with Crippen LogP contribution < -0.4 is 9.47 Å². The Kier molecular flexibility index (Phi) is 4.11. The highest BCUT2D eigenvalue weighted by molar-refractivity contribution is 6.42. The standard InChI is InChI=1S/C11H7Cl3N2O2/c1-17-9-10(14)15-5-16-11(9)18-6-2-3-7(12)8(13)4-6/h2-5H,1H3. The number of nitrogens with zero attached hydrogens (tertiary/aromatic N) is 2. The molecule has 0 bridgehead atoms. The lowest BCUT2D eigenvalue weighted by Gasteiger charge is -2.09. The Hall–Kier alpha value is -1.23. The Morgan fingerprint density at radius 3 is 2.50 bits per heavy atom. The van der Waals surface area contributed by atoms with Crippen molar-refractivity contribution in [2.45, 2.75) is 0 Å². The number of ether oxygens (including phenoxy) is 2. The van der Waals surface area contributed by atoms with Crippen molar-refractivity contribution in [1.29, 1.82) is 0 Å². The molecule has 0 fully saturated rings. The van der Waals surface area contributed by atoms with Gasteiger partial charge in [-0.2, -0.15) is 4.98 Å². The highest BCUT2D eigenvalue weighted by atomic mass is 35.5. The second-order valence-corrected chi connectivity index (χ2v) is 4.35. The van der Waals surface area contributed by atoms with Crippen molar-refractivity contribution in [3.63, 3.8) is 0 Å². The van der Waals surface area contributed by atoms with E-state index in [0.717, 1.165) is 0 Å². The molecule has 2 rings (SSSR count). The lowest BCUT2D eigenvalue weighted by Crippen LogP contribution is -1.95. The molecule has 0 aliphatic rings. The molecule has 0 atom stereocenters. The van der Waals surface area contributed by atoms with Crippen LogP contribution in [0, 0.1) is 0 Å². The molecule has 0 unspecified atom stereocenters. The van der Waals surface area contributed by atoms with E-state index in [2.05, 4.69) is 9.97 Å². The summed E-state index contributed by atoms with van der Waals surface area (Å²) in [6, 6.07) is 4.84. The molecule has 1 aromatic heterocycles. The summed E-state index contributed by atoms with van der Waals surface area (Å²) in [5.74, 6) is 0.929. The second-order valence-electron chi connectivity index (χ2n) is 3.18. The third kappa shape index (κ3) is 2.77. The lowest BCUT2D eigenvalue weighted by atomic mass is 10.3. The summed E-state index contributed by atoms with van der Waals surface area (Å²) in [5, 5.41) is 0.993. The summed E-state index contributed by atoms with van der Waals surface area (Å²) in [4.78, 5) is 7.72. The van der Waals surface area contributed by atoms with Gasteiger partial charge < -0.3 is 9.47 Å². The van der Waals surface area contributed by atoms with Gasteiger partial charge in [0.05, 0.1) is 17.2 Å². The van der Waals surface area contributed by atoms with Crippen LogP contribution in [0.1, 0.15) is 0 Å². The number of benzene rings is 1. The van der Waals surface area contributed by atoms with Gasteiger partial charge in [0.2, 0.25) is 5.75 Å². The molecule has 1 heterocycles. The van der Waals surface area contributed by atoms with Crippen molar-refractivity contribution in [2.24, 2.45) is 0 Å². The molecule has 4 nitrogen and oxygen atoms in total. The van der Waals surface area contributed by atoms with Crippen LogP contribution in [0.4, 0.5) is 0 Å². The molecule has 7 heteroatoms. The Morgan fingerprint density at radius 1 is 1.06 bits per heavy atom. The highest BCUT2D eigenvalue weighted by Gasteiger charge is 2.13. The molecule has 0 saturated heterocycles. The smallest absolute Gasteiger partial charge is 0.267 e. The zero-order valence-corrected chi connectivity index (χ0v) is 11.4. The predicted octanol–water partition coefficient (Wildman–Crippen LogP) is 4.24. The van der Waals surface area contributed by atoms with Crippen LogP contribution in [0.15, 0.2) is 24.5 Å². The van der Waals surface area contributed by atoms with Crippen molar-refractivity contribution in [3.8, 4) is 17.4 Å². The van der Waals surface area contributed by atoms with Gasteiger partial charge in [0.15, 0.2) is 5.15 Å². The first-order valence-corrected chi connectivity index (χ1v) is 5.92. The van der Waals surface area contributed by atoms with Crippen molar-refractivity contribution < 1.29 is 9.47 Å². The highest BCUT2D eigenvalue weighted by Crippen LogP contribution is 2.35. The van der Waals surface area contributed by atoms with Crippen molar-refractivity contribution in [2.75, 3.05) is 7.11 Å². The molecule has 1 aromatic carbocycles. The van der Waals surface area contributed by atoms with Crippen LogP contribution in [-0.4, -0.2) is 17.1 Å². The van der Waals surface area contributed by atoms with Crippen molar-refractivity contribution in [3.05, 3.63) is 39.7 Å². The number of halogens is 3. The Bertz CT molecular complexity index is 578. The molecule has 2 aromatic rings. The van der Waals surface area contributed by atoms with Gasteiger partial charge in [-0.25, -0.2) is 4.98 Å². The fourth-order valence-electron chi connectivity index (χ4n) is 1.23. The monoisotopic (exact) mass is 304 g/mol. The normalized spacial score (nSPS) is 10.2. The first kappa shape index (κ1) is 13.2. The van der Waals surface area contributed by atoms with E-state index in [9.17, 15) is 0 Å². The molecule has 0 aliphatic heterocycles. The third-order valence-corrected chi connectivity index (χ3v) is 3.05. The van der Waals surface area contributed by atoms with E-state index >= 15 is 0 Å². The lowest BCUT2D eigenvalue weighted by molar-refractivity contribution is 0.367. The molecular weight excluding hydrogens is 298 g/mol. The van der Waals surface area contributed by atoms with Crippen LogP contribution in [0.3, 0.4) is 0 Å². The minimum Gasteiger partial charge on any atom is -0.489 e. The Labute approximate surface area is 118 Å². The van der Waals surface area contributed by atoms with Crippen LogP contribution in [0.2, 0.25) is 15.2 Å². The van der Waals surface area contributed by atoms with Gasteiger partial charge in [0.25, 0.3) is 5.88 Å². The Balaban J connectivity index is 2.34. The minimum absolute atomic E-state index is 0.169. The summed E-state index contributed by atoms with van der Waals surface area (Å²) in [5.41, 5.74) is 0. The van der Waals surface area contributed by atoms with Gasteiger partial charge in [-0.3, -0.25) is 0 Å². The summed E-state index contributed by atoms with van der Waals surface area (Å²) in [6.07, 6.45) is 1.28. The number of rotatable bonds is 3. The van der Waals surface area contributed by atoms with E-state index in [1.165, 1.54) is 13.4 Å². The average Bonchev–Trinajstić information content (AvgIpc) is 2.34. The fraction of sp³-hybridized carbons (Fsp3) is 0.0909. The maximum absolute atomic E-state index is 5.88. The quantitative estimate of drug-likeness (QED) is 0.796. The largest absolute Gasteiger partial charge is 0.489 e. The molecule has 0 saturated carbocycles. The second kappa shape index (κ2) is 5.61. The van der Waals surface area contributed by atoms with Gasteiger partial charge in [0.1, 0.15) is 12.1 Å².